The van der Waals surface area contributed by atoms with Gasteiger partial charge in [0.25, 0.3) is 0 Å². The molecule has 106 valence electrons. The summed E-state index contributed by atoms with van der Waals surface area (Å²) in [7, 11) is 0. The van der Waals surface area contributed by atoms with Crippen molar-refractivity contribution in [2.24, 2.45) is 11.7 Å². The highest BCUT2D eigenvalue weighted by molar-refractivity contribution is 5.24. The van der Waals surface area contributed by atoms with Crippen LogP contribution in [0.4, 0.5) is 0 Å². The molecule has 3 atom stereocenters. The molecule has 0 aromatic heterocycles. The first-order valence-electron chi connectivity index (χ1n) is 6.97. The van der Waals surface area contributed by atoms with Crippen molar-refractivity contribution in [2.75, 3.05) is 19.6 Å². The van der Waals surface area contributed by atoms with E-state index in [1.165, 1.54) is 0 Å². The molecule has 1 heterocycles. The molecule has 0 aliphatic carbocycles. The molecule has 2 rings (SSSR count). The second kappa shape index (κ2) is 6.48. The lowest BCUT2D eigenvalue weighted by Gasteiger charge is -2.35. The normalized spacial score (nSPS) is 26.3. The van der Waals surface area contributed by atoms with Gasteiger partial charge in [0.05, 0.1) is 12.2 Å². The number of likely N-dealkylation sites (tertiary alicyclic amines) is 1. The van der Waals surface area contributed by atoms with Gasteiger partial charge in [-0.3, -0.25) is 4.90 Å². The zero-order valence-corrected chi connectivity index (χ0v) is 11.5. The van der Waals surface area contributed by atoms with Crippen LogP contribution in [0.1, 0.15) is 30.6 Å². The second-order valence-electron chi connectivity index (χ2n) is 5.55. The fourth-order valence-electron chi connectivity index (χ4n) is 2.61. The highest BCUT2D eigenvalue weighted by atomic mass is 16.3. The molecule has 4 heteroatoms. The Labute approximate surface area is 114 Å². The van der Waals surface area contributed by atoms with E-state index in [9.17, 15) is 10.2 Å². The highest BCUT2D eigenvalue weighted by Gasteiger charge is 2.25. The van der Waals surface area contributed by atoms with Crippen molar-refractivity contribution in [3.63, 3.8) is 0 Å². The third-order valence-electron chi connectivity index (χ3n) is 3.98. The number of hydrogen-bond donors (Lipinski definition) is 3. The lowest BCUT2D eigenvalue weighted by Crippen LogP contribution is -2.43. The first-order chi connectivity index (χ1) is 9.10. The van der Waals surface area contributed by atoms with Gasteiger partial charge >= 0.3 is 0 Å². The molecule has 1 aromatic carbocycles. The second-order valence-corrected chi connectivity index (χ2v) is 5.55. The quantitative estimate of drug-likeness (QED) is 0.755. The van der Waals surface area contributed by atoms with E-state index in [1.807, 2.05) is 24.3 Å². The molecule has 0 radical (unpaired) electrons. The molecule has 1 aliphatic rings. The summed E-state index contributed by atoms with van der Waals surface area (Å²) < 4.78 is 0. The molecule has 4 N–H and O–H groups in total. The number of rotatable bonds is 4. The predicted octanol–water partition coefficient (Wildman–Crippen LogP) is 0.881. The average Bonchev–Trinajstić information content (AvgIpc) is 2.43. The van der Waals surface area contributed by atoms with E-state index in [0.717, 1.165) is 30.6 Å². The average molecular weight is 264 g/mol. The molecular weight excluding hydrogens is 240 g/mol. The van der Waals surface area contributed by atoms with Crippen molar-refractivity contribution in [1.29, 1.82) is 0 Å². The third-order valence-corrected chi connectivity index (χ3v) is 3.98. The van der Waals surface area contributed by atoms with Crippen molar-refractivity contribution in [3.05, 3.63) is 35.4 Å². The van der Waals surface area contributed by atoms with Crippen LogP contribution in [0.2, 0.25) is 0 Å². The van der Waals surface area contributed by atoms with Gasteiger partial charge in [0.2, 0.25) is 0 Å². The molecule has 4 nitrogen and oxygen atoms in total. The number of hydrogen-bond acceptors (Lipinski definition) is 4. The Balaban J connectivity index is 1.91. The largest absolute Gasteiger partial charge is 0.393 e. The number of β-amino-alcohol motifs (C(OH)–C–C–N with tert-alkyl or cyclic N) is 1. The minimum atomic E-state index is -0.478. The maximum atomic E-state index is 10.3. The number of benzene rings is 1. The Hall–Kier alpha value is -0.940. The summed E-state index contributed by atoms with van der Waals surface area (Å²) in [6, 6.07) is 7.80. The van der Waals surface area contributed by atoms with Crippen molar-refractivity contribution < 1.29 is 10.2 Å². The fraction of sp³-hybridized carbons (Fsp3) is 0.600. The Kier molecular flexibility index (Phi) is 4.93. The molecule has 1 saturated heterocycles. The van der Waals surface area contributed by atoms with Crippen LogP contribution in [-0.4, -0.2) is 40.9 Å². The summed E-state index contributed by atoms with van der Waals surface area (Å²) in [5.41, 5.74) is 7.56. The van der Waals surface area contributed by atoms with E-state index in [1.54, 1.807) is 0 Å². The van der Waals surface area contributed by atoms with Crippen molar-refractivity contribution in [2.45, 2.75) is 32.1 Å². The van der Waals surface area contributed by atoms with E-state index in [4.69, 9.17) is 5.73 Å². The van der Waals surface area contributed by atoms with Crippen LogP contribution in [0.5, 0.6) is 0 Å². The van der Waals surface area contributed by atoms with E-state index >= 15 is 0 Å². The van der Waals surface area contributed by atoms with E-state index in [0.29, 0.717) is 13.1 Å². The molecule has 19 heavy (non-hydrogen) atoms. The maximum absolute atomic E-state index is 10.3. The molecule has 1 aliphatic heterocycles. The topological polar surface area (TPSA) is 69.7 Å². The standard InChI is InChI=1S/C15H24N2O2/c1-11-9-17(7-6-14(11)18)10-15(19)13-4-2-12(8-16)3-5-13/h2-5,11,14-15,18-19H,6-10,16H2,1H3. The molecule has 1 aromatic rings. The first kappa shape index (κ1) is 14.5. The van der Waals surface area contributed by atoms with Crippen LogP contribution < -0.4 is 5.73 Å². The van der Waals surface area contributed by atoms with Gasteiger partial charge in [-0.05, 0) is 23.5 Å². The van der Waals surface area contributed by atoms with Gasteiger partial charge in [0, 0.05) is 26.2 Å². The highest BCUT2D eigenvalue weighted by Crippen LogP contribution is 2.20. The van der Waals surface area contributed by atoms with Gasteiger partial charge < -0.3 is 15.9 Å². The minimum Gasteiger partial charge on any atom is -0.393 e. The van der Waals surface area contributed by atoms with Crippen molar-refractivity contribution in [1.82, 2.24) is 4.90 Å². The van der Waals surface area contributed by atoms with Crippen LogP contribution in [0.25, 0.3) is 0 Å². The van der Waals surface area contributed by atoms with Crippen LogP contribution in [0.15, 0.2) is 24.3 Å². The molecule has 3 unspecified atom stereocenters. The molecule has 0 bridgehead atoms. The van der Waals surface area contributed by atoms with Crippen LogP contribution in [0.3, 0.4) is 0 Å². The first-order valence-corrected chi connectivity index (χ1v) is 6.97. The number of aliphatic hydroxyl groups is 2. The summed E-state index contributed by atoms with van der Waals surface area (Å²) in [6.45, 7) is 4.90. The number of piperidine rings is 1. The van der Waals surface area contributed by atoms with E-state index in [2.05, 4.69) is 11.8 Å². The lowest BCUT2D eigenvalue weighted by molar-refractivity contribution is 0.0147. The van der Waals surface area contributed by atoms with Crippen molar-refractivity contribution in [3.8, 4) is 0 Å². The molecule has 0 saturated carbocycles. The van der Waals surface area contributed by atoms with Gasteiger partial charge in [0.1, 0.15) is 0 Å². The SMILES string of the molecule is CC1CN(CC(O)c2ccc(CN)cc2)CCC1O. The summed E-state index contributed by atoms with van der Waals surface area (Å²) in [6.07, 6.45) is 0.117. The van der Waals surface area contributed by atoms with Crippen LogP contribution in [0, 0.1) is 5.92 Å². The van der Waals surface area contributed by atoms with Crippen LogP contribution in [-0.2, 0) is 6.54 Å². The maximum Gasteiger partial charge on any atom is 0.0916 e. The molecule has 0 amide bonds. The summed E-state index contributed by atoms with van der Waals surface area (Å²) in [4.78, 5) is 2.22. The van der Waals surface area contributed by atoms with Gasteiger partial charge in [-0.25, -0.2) is 0 Å². The minimum absolute atomic E-state index is 0.197. The summed E-state index contributed by atoms with van der Waals surface area (Å²) in [5.74, 6) is 0.278. The Morgan fingerprint density at radius 3 is 2.63 bits per heavy atom. The number of nitrogens with two attached hydrogens (primary N) is 1. The summed E-state index contributed by atoms with van der Waals surface area (Å²) >= 11 is 0. The Morgan fingerprint density at radius 2 is 2.05 bits per heavy atom. The van der Waals surface area contributed by atoms with Crippen molar-refractivity contribution >= 4 is 0 Å². The molecule has 1 fully saturated rings. The Morgan fingerprint density at radius 1 is 1.37 bits per heavy atom. The monoisotopic (exact) mass is 264 g/mol. The smallest absolute Gasteiger partial charge is 0.0916 e. The van der Waals surface area contributed by atoms with Gasteiger partial charge in [-0.15, -0.1) is 0 Å². The Bertz CT molecular complexity index is 394. The molecule has 0 spiro atoms. The van der Waals surface area contributed by atoms with Gasteiger partial charge in [-0.1, -0.05) is 31.2 Å². The third kappa shape index (κ3) is 3.76. The number of nitrogens with zero attached hydrogens (tertiary/aromatic N) is 1. The van der Waals surface area contributed by atoms with E-state index < -0.39 is 6.10 Å². The molecular formula is C15H24N2O2. The van der Waals surface area contributed by atoms with Crippen LogP contribution >= 0.6 is 0 Å². The zero-order chi connectivity index (χ0) is 13.8. The summed E-state index contributed by atoms with van der Waals surface area (Å²) in [5, 5.41) is 20.0. The number of aliphatic hydroxyl groups excluding tert-OH is 2. The zero-order valence-electron chi connectivity index (χ0n) is 11.5. The lowest BCUT2D eigenvalue weighted by atomic mass is 9.96. The predicted molar refractivity (Wildman–Crippen MR) is 75.5 cm³/mol. The fourth-order valence-corrected chi connectivity index (χ4v) is 2.61. The van der Waals surface area contributed by atoms with Gasteiger partial charge in [-0.2, -0.15) is 0 Å². The van der Waals surface area contributed by atoms with Gasteiger partial charge in [0.15, 0.2) is 0 Å². The van der Waals surface area contributed by atoms with E-state index in [-0.39, 0.29) is 12.0 Å².